The van der Waals surface area contributed by atoms with Crippen molar-refractivity contribution in [3.8, 4) is 0 Å². The maximum absolute atomic E-state index is 13.3. The van der Waals surface area contributed by atoms with Crippen LogP contribution in [-0.2, 0) is 6.42 Å². The van der Waals surface area contributed by atoms with Crippen molar-refractivity contribution in [2.45, 2.75) is 39.7 Å². The van der Waals surface area contributed by atoms with Gasteiger partial charge in [0.1, 0.15) is 17.3 Å². The van der Waals surface area contributed by atoms with E-state index in [1.54, 1.807) is 6.07 Å². The van der Waals surface area contributed by atoms with Gasteiger partial charge in [0.2, 0.25) is 0 Å². The van der Waals surface area contributed by atoms with Gasteiger partial charge in [0.15, 0.2) is 0 Å². The molecule has 1 unspecified atom stereocenters. The van der Waals surface area contributed by atoms with Crippen LogP contribution < -0.4 is 5.32 Å². The first-order chi connectivity index (χ1) is 9.65. The van der Waals surface area contributed by atoms with Gasteiger partial charge >= 0.3 is 0 Å². The Balaban J connectivity index is 2.35. The lowest BCUT2D eigenvalue weighted by molar-refractivity contribution is 0.421. The molecule has 2 nitrogen and oxygen atoms in total. The van der Waals surface area contributed by atoms with Crippen LogP contribution in [0.4, 0.5) is 4.39 Å². The molecule has 0 bridgehead atoms. The number of hydrogen-bond donors (Lipinski definition) is 1. The largest absolute Gasteiger partial charge is 0.464 e. The Morgan fingerprint density at radius 2 is 2.00 bits per heavy atom. The molecule has 1 N–H and O–H groups in total. The summed E-state index contributed by atoms with van der Waals surface area (Å²) in [6.45, 7) is 7.02. The Morgan fingerprint density at radius 1 is 1.20 bits per heavy atom. The number of hydrogen-bond acceptors (Lipinski definition) is 2. The van der Waals surface area contributed by atoms with E-state index in [4.69, 9.17) is 4.42 Å². The van der Waals surface area contributed by atoms with E-state index in [0.29, 0.717) is 0 Å². The van der Waals surface area contributed by atoms with E-state index >= 15 is 0 Å². The van der Waals surface area contributed by atoms with Gasteiger partial charge in [-0.1, -0.05) is 19.9 Å². The maximum atomic E-state index is 13.3. The summed E-state index contributed by atoms with van der Waals surface area (Å²) in [5.41, 5.74) is 2.00. The standard InChI is InChI=1S/C17H22FNO/c1-4-10-19-17(16-9-7-14(5-2)20-16)15-8-6-13(18)11-12(15)3/h6-9,11,17,19H,4-5,10H2,1-3H3. The van der Waals surface area contributed by atoms with Crippen LogP contribution in [0, 0.1) is 12.7 Å². The van der Waals surface area contributed by atoms with Gasteiger partial charge in [-0.05, 0) is 55.3 Å². The number of furan rings is 1. The molecule has 1 heterocycles. The molecule has 0 amide bonds. The van der Waals surface area contributed by atoms with Crippen LogP contribution in [0.2, 0.25) is 0 Å². The normalized spacial score (nSPS) is 12.6. The Bertz CT molecular complexity index is 562. The van der Waals surface area contributed by atoms with E-state index in [1.807, 2.05) is 25.1 Å². The van der Waals surface area contributed by atoms with Gasteiger partial charge in [-0.3, -0.25) is 0 Å². The van der Waals surface area contributed by atoms with Crippen molar-refractivity contribution in [2.75, 3.05) is 6.54 Å². The number of rotatable bonds is 6. The molecule has 1 aromatic heterocycles. The highest BCUT2D eigenvalue weighted by Gasteiger charge is 2.19. The molecule has 1 aromatic carbocycles. The molecule has 0 saturated heterocycles. The third-order valence-corrected chi connectivity index (χ3v) is 3.46. The molecule has 20 heavy (non-hydrogen) atoms. The molecule has 3 heteroatoms. The minimum atomic E-state index is -0.200. The Kier molecular flexibility index (Phi) is 4.96. The molecule has 2 rings (SSSR count). The minimum Gasteiger partial charge on any atom is -0.464 e. The molecule has 0 saturated carbocycles. The fourth-order valence-electron chi connectivity index (χ4n) is 2.36. The van der Waals surface area contributed by atoms with Crippen LogP contribution in [0.25, 0.3) is 0 Å². The average molecular weight is 275 g/mol. The highest BCUT2D eigenvalue weighted by Crippen LogP contribution is 2.27. The summed E-state index contributed by atoms with van der Waals surface area (Å²) in [6.07, 6.45) is 1.92. The third-order valence-electron chi connectivity index (χ3n) is 3.46. The third kappa shape index (κ3) is 3.28. The van der Waals surface area contributed by atoms with Crippen molar-refractivity contribution in [2.24, 2.45) is 0 Å². The van der Waals surface area contributed by atoms with Gasteiger partial charge in [-0.25, -0.2) is 4.39 Å². The number of halogens is 1. The molecule has 0 aliphatic rings. The zero-order valence-electron chi connectivity index (χ0n) is 12.4. The van der Waals surface area contributed by atoms with E-state index in [-0.39, 0.29) is 11.9 Å². The van der Waals surface area contributed by atoms with Gasteiger partial charge < -0.3 is 9.73 Å². The Labute approximate surface area is 120 Å². The zero-order valence-corrected chi connectivity index (χ0v) is 12.4. The SMILES string of the molecule is CCCNC(c1ccc(CC)o1)c1ccc(F)cc1C. The fourth-order valence-corrected chi connectivity index (χ4v) is 2.36. The van der Waals surface area contributed by atoms with E-state index in [2.05, 4.69) is 19.2 Å². The topological polar surface area (TPSA) is 25.2 Å². The highest BCUT2D eigenvalue weighted by atomic mass is 19.1. The van der Waals surface area contributed by atoms with E-state index in [0.717, 1.165) is 42.0 Å². The predicted molar refractivity (Wildman–Crippen MR) is 79.4 cm³/mol. The summed E-state index contributed by atoms with van der Waals surface area (Å²) in [6, 6.07) is 8.91. The second-order valence-electron chi connectivity index (χ2n) is 5.05. The quantitative estimate of drug-likeness (QED) is 0.846. The van der Waals surface area contributed by atoms with E-state index in [1.165, 1.54) is 6.07 Å². The molecular formula is C17H22FNO. The average Bonchev–Trinajstić information content (AvgIpc) is 2.90. The van der Waals surface area contributed by atoms with Gasteiger partial charge in [-0.15, -0.1) is 0 Å². The van der Waals surface area contributed by atoms with Gasteiger partial charge in [0.05, 0.1) is 6.04 Å². The first-order valence-electron chi connectivity index (χ1n) is 7.23. The molecule has 0 radical (unpaired) electrons. The van der Waals surface area contributed by atoms with Gasteiger partial charge in [-0.2, -0.15) is 0 Å². The Morgan fingerprint density at radius 3 is 2.60 bits per heavy atom. The van der Waals surface area contributed by atoms with Crippen molar-refractivity contribution in [1.29, 1.82) is 0 Å². The summed E-state index contributed by atoms with van der Waals surface area (Å²) in [4.78, 5) is 0. The monoisotopic (exact) mass is 275 g/mol. The summed E-state index contributed by atoms with van der Waals surface area (Å²) >= 11 is 0. The van der Waals surface area contributed by atoms with Gasteiger partial charge in [0.25, 0.3) is 0 Å². The van der Waals surface area contributed by atoms with Gasteiger partial charge in [0, 0.05) is 6.42 Å². The van der Waals surface area contributed by atoms with Crippen LogP contribution in [0.5, 0.6) is 0 Å². The lowest BCUT2D eigenvalue weighted by Gasteiger charge is -2.19. The number of nitrogens with one attached hydrogen (secondary N) is 1. The molecule has 0 fully saturated rings. The van der Waals surface area contributed by atoms with Crippen LogP contribution in [0.3, 0.4) is 0 Å². The second kappa shape index (κ2) is 6.71. The molecule has 0 aliphatic heterocycles. The fraction of sp³-hybridized carbons (Fsp3) is 0.412. The maximum Gasteiger partial charge on any atom is 0.125 e. The number of aryl methyl sites for hydroxylation is 2. The highest BCUT2D eigenvalue weighted by molar-refractivity contribution is 5.34. The molecule has 2 aromatic rings. The van der Waals surface area contributed by atoms with E-state index < -0.39 is 0 Å². The first-order valence-corrected chi connectivity index (χ1v) is 7.23. The summed E-state index contributed by atoms with van der Waals surface area (Å²) in [7, 11) is 0. The Hall–Kier alpha value is -1.61. The molecule has 0 aliphatic carbocycles. The van der Waals surface area contributed by atoms with Crippen molar-refractivity contribution in [3.63, 3.8) is 0 Å². The smallest absolute Gasteiger partial charge is 0.125 e. The lowest BCUT2D eigenvalue weighted by atomic mass is 9.99. The summed E-state index contributed by atoms with van der Waals surface area (Å²) < 4.78 is 19.2. The van der Waals surface area contributed by atoms with Crippen LogP contribution in [-0.4, -0.2) is 6.54 Å². The van der Waals surface area contributed by atoms with Crippen molar-refractivity contribution in [3.05, 3.63) is 58.8 Å². The molecule has 108 valence electrons. The van der Waals surface area contributed by atoms with E-state index in [9.17, 15) is 4.39 Å². The molecular weight excluding hydrogens is 253 g/mol. The van der Waals surface area contributed by atoms with Crippen LogP contribution in [0.15, 0.2) is 34.7 Å². The van der Waals surface area contributed by atoms with Crippen molar-refractivity contribution in [1.82, 2.24) is 5.32 Å². The molecule has 1 atom stereocenters. The lowest BCUT2D eigenvalue weighted by Crippen LogP contribution is -2.23. The second-order valence-corrected chi connectivity index (χ2v) is 5.05. The molecule has 0 spiro atoms. The van der Waals surface area contributed by atoms with Crippen molar-refractivity contribution >= 4 is 0 Å². The summed E-state index contributed by atoms with van der Waals surface area (Å²) in [5.74, 6) is 1.67. The zero-order chi connectivity index (χ0) is 14.5. The van der Waals surface area contributed by atoms with Crippen molar-refractivity contribution < 1.29 is 8.81 Å². The predicted octanol–water partition coefficient (Wildman–Crippen LogP) is 4.38. The summed E-state index contributed by atoms with van der Waals surface area (Å²) in [5, 5.41) is 3.48. The number of benzene rings is 1. The van der Waals surface area contributed by atoms with Crippen LogP contribution in [0.1, 0.15) is 49.0 Å². The first kappa shape index (κ1) is 14.8. The van der Waals surface area contributed by atoms with Crippen LogP contribution >= 0.6 is 0 Å². The minimum absolute atomic E-state index is 0.0177.